The standard InChI is InChI=1S/C35H49N5O5S/c1-24(2)37-17-15-27(16-18-37)38-22-31-39(28(33(38)43)21-35(3,4)5)34(44)29(20-25-11-12-25)45-40(31)32(42)14-13-30-36-26(23-46-30)10-8-6-7-9-19-41/h13-14,22-25,27-29,41H,6-7,9,11-12,15-21H2,1-5H3/b14-13+/t28-,29+/m0/s1. The van der Waals surface area contributed by atoms with Crippen molar-refractivity contribution in [2.45, 2.75) is 117 Å². The number of unbranched alkanes of at least 4 members (excludes halogenated alkanes) is 2. The van der Waals surface area contributed by atoms with Crippen LogP contribution in [-0.2, 0) is 19.2 Å². The maximum atomic E-state index is 14.3. The molecule has 1 aliphatic carbocycles. The van der Waals surface area contributed by atoms with Gasteiger partial charge in [0.15, 0.2) is 11.9 Å². The SMILES string of the molecule is CC(C)N1CCC(N2C=C3N(C(=O)/C=C/c4nc(C#CCCCCO)cs4)O[C@H](CC4CC4)C(=O)N3[C@@H](CC(C)(C)C)C2=O)CC1. The van der Waals surface area contributed by atoms with Gasteiger partial charge in [-0.3, -0.25) is 24.1 Å². The number of piperidine rings is 1. The van der Waals surface area contributed by atoms with Crippen molar-refractivity contribution in [2.75, 3.05) is 19.7 Å². The molecule has 3 fully saturated rings. The Labute approximate surface area is 277 Å². The van der Waals surface area contributed by atoms with Crippen molar-refractivity contribution in [1.82, 2.24) is 24.7 Å². The highest BCUT2D eigenvalue weighted by Gasteiger charge is 2.51. The lowest BCUT2D eigenvalue weighted by molar-refractivity contribution is -0.226. The molecule has 11 heteroatoms. The first kappa shape index (κ1) is 34.3. The van der Waals surface area contributed by atoms with Gasteiger partial charge >= 0.3 is 0 Å². The number of rotatable bonds is 10. The molecular weight excluding hydrogens is 602 g/mol. The number of thiazole rings is 1. The second-order valence-corrected chi connectivity index (χ2v) is 15.3. The molecule has 1 saturated carbocycles. The van der Waals surface area contributed by atoms with Crippen molar-refractivity contribution in [1.29, 1.82) is 0 Å². The molecule has 0 spiro atoms. The number of hydrogen-bond donors (Lipinski definition) is 1. The Balaban J connectivity index is 1.43. The van der Waals surface area contributed by atoms with E-state index >= 15 is 0 Å². The molecular formula is C35H49N5O5S. The molecule has 0 radical (unpaired) electrons. The minimum atomic E-state index is -0.828. The van der Waals surface area contributed by atoms with Crippen molar-refractivity contribution in [2.24, 2.45) is 11.3 Å². The number of carbonyl (C=O) groups is 3. The normalized spacial score (nSPS) is 23.2. The molecule has 1 N–H and O–H groups in total. The van der Waals surface area contributed by atoms with Crippen LogP contribution in [0.15, 0.2) is 23.5 Å². The Kier molecular flexibility index (Phi) is 11.0. The Morgan fingerprint density at radius 1 is 1.15 bits per heavy atom. The molecule has 4 heterocycles. The summed E-state index contributed by atoms with van der Waals surface area (Å²) in [5.41, 5.74) is 0.397. The van der Waals surface area contributed by atoms with Crippen molar-refractivity contribution in [3.63, 3.8) is 0 Å². The second kappa shape index (κ2) is 14.8. The van der Waals surface area contributed by atoms with Crippen molar-refractivity contribution in [3.05, 3.63) is 34.2 Å². The summed E-state index contributed by atoms with van der Waals surface area (Å²) in [6, 6.07) is -0.311. The predicted molar refractivity (Wildman–Crippen MR) is 177 cm³/mol. The van der Waals surface area contributed by atoms with E-state index in [2.05, 4.69) is 56.3 Å². The first-order valence-corrected chi connectivity index (χ1v) is 17.7. The fourth-order valence-electron chi connectivity index (χ4n) is 6.29. The highest BCUT2D eigenvalue weighted by Crippen LogP contribution is 2.40. The van der Waals surface area contributed by atoms with E-state index in [4.69, 9.17) is 9.94 Å². The fraction of sp³-hybridized carbons (Fsp3) is 0.657. The Morgan fingerprint density at radius 3 is 2.54 bits per heavy atom. The van der Waals surface area contributed by atoms with Gasteiger partial charge in [-0.2, -0.15) is 5.06 Å². The lowest BCUT2D eigenvalue weighted by atomic mass is 9.85. The lowest BCUT2D eigenvalue weighted by Gasteiger charge is -2.50. The van der Waals surface area contributed by atoms with E-state index < -0.39 is 18.1 Å². The third-order valence-corrected chi connectivity index (χ3v) is 9.81. The van der Waals surface area contributed by atoms with Crippen LogP contribution in [0.5, 0.6) is 0 Å². The number of aliphatic hydroxyl groups excluding tert-OH is 1. The molecule has 0 unspecified atom stereocenters. The first-order chi connectivity index (χ1) is 21.9. The van der Waals surface area contributed by atoms with E-state index in [0.29, 0.717) is 47.7 Å². The monoisotopic (exact) mass is 651 g/mol. The molecule has 0 bridgehead atoms. The average molecular weight is 652 g/mol. The smallest absolute Gasteiger partial charge is 0.276 e. The maximum Gasteiger partial charge on any atom is 0.276 e. The van der Waals surface area contributed by atoms with Crippen molar-refractivity contribution >= 4 is 35.1 Å². The lowest BCUT2D eigenvalue weighted by Crippen LogP contribution is -2.65. The van der Waals surface area contributed by atoms with Gasteiger partial charge in [-0.25, -0.2) is 4.98 Å². The van der Waals surface area contributed by atoms with Gasteiger partial charge in [-0.15, -0.1) is 11.3 Å². The van der Waals surface area contributed by atoms with Gasteiger partial charge < -0.3 is 14.9 Å². The molecule has 46 heavy (non-hydrogen) atoms. The number of carbonyl (C=O) groups excluding carboxylic acids is 3. The summed E-state index contributed by atoms with van der Waals surface area (Å²) in [7, 11) is 0. The van der Waals surface area contributed by atoms with Gasteiger partial charge in [0.1, 0.15) is 16.7 Å². The zero-order chi connectivity index (χ0) is 33.0. The molecule has 250 valence electrons. The molecule has 5 rings (SSSR count). The number of aliphatic hydroxyl groups is 1. The summed E-state index contributed by atoms with van der Waals surface area (Å²) in [4.78, 5) is 58.7. The quantitative estimate of drug-likeness (QED) is 0.221. The van der Waals surface area contributed by atoms with Crippen LogP contribution < -0.4 is 0 Å². The molecule has 3 amide bonds. The molecule has 1 aromatic heterocycles. The average Bonchev–Trinajstić information content (AvgIpc) is 3.72. The highest BCUT2D eigenvalue weighted by atomic mass is 32.1. The number of aromatic nitrogens is 1. The Hall–Kier alpha value is -3.04. The number of hydroxylamine groups is 2. The number of amides is 3. The molecule has 4 aliphatic rings. The topological polar surface area (TPSA) is 107 Å². The number of likely N-dealkylation sites (tertiary alicyclic amines) is 1. The van der Waals surface area contributed by atoms with E-state index in [1.807, 2.05) is 5.38 Å². The minimum Gasteiger partial charge on any atom is -0.396 e. The minimum absolute atomic E-state index is 0.0232. The summed E-state index contributed by atoms with van der Waals surface area (Å²) >= 11 is 1.39. The number of hydrogen-bond acceptors (Lipinski definition) is 8. The van der Waals surface area contributed by atoms with E-state index in [1.165, 1.54) is 22.5 Å². The first-order valence-electron chi connectivity index (χ1n) is 16.8. The predicted octanol–water partition coefficient (Wildman–Crippen LogP) is 4.76. The third kappa shape index (κ3) is 8.45. The van der Waals surface area contributed by atoms with Gasteiger partial charge in [0.2, 0.25) is 5.91 Å². The van der Waals surface area contributed by atoms with Crippen LogP contribution in [0.2, 0.25) is 0 Å². The number of fused-ring (bicyclic) bond motifs is 1. The van der Waals surface area contributed by atoms with Crippen LogP contribution in [-0.4, -0.2) is 91.5 Å². The summed E-state index contributed by atoms with van der Waals surface area (Å²) in [5.74, 6) is 6.04. The van der Waals surface area contributed by atoms with Crippen LogP contribution in [0.3, 0.4) is 0 Å². The van der Waals surface area contributed by atoms with E-state index in [-0.39, 0.29) is 29.9 Å². The second-order valence-electron chi connectivity index (χ2n) is 14.4. The zero-order valence-electron chi connectivity index (χ0n) is 27.9. The van der Waals surface area contributed by atoms with Gasteiger partial charge in [0, 0.05) is 49.7 Å². The van der Waals surface area contributed by atoms with Gasteiger partial charge in [-0.05, 0) is 75.7 Å². The van der Waals surface area contributed by atoms with Crippen LogP contribution in [0.25, 0.3) is 6.08 Å². The van der Waals surface area contributed by atoms with E-state index in [9.17, 15) is 14.4 Å². The van der Waals surface area contributed by atoms with Crippen LogP contribution >= 0.6 is 11.3 Å². The summed E-state index contributed by atoms with van der Waals surface area (Å²) in [5, 5.41) is 12.6. The number of nitrogens with zero attached hydrogens (tertiary/aromatic N) is 5. The summed E-state index contributed by atoms with van der Waals surface area (Å²) in [6.07, 6.45) is 10.9. The van der Waals surface area contributed by atoms with E-state index in [0.717, 1.165) is 51.6 Å². The fourth-order valence-corrected chi connectivity index (χ4v) is 6.93. The van der Waals surface area contributed by atoms with E-state index in [1.54, 1.807) is 22.1 Å². The Morgan fingerprint density at radius 2 is 1.89 bits per heavy atom. The van der Waals surface area contributed by atoms with Gasteiger partial charge in [0.05, 0.1) is 6.20 Å². The summed E-state index contributed by atoms with van der Waals surface area (Å²) < 4.78 is 0. The van der Waals surface area contributed by atoms with Crippen LogP contribution in [0, 0.1) is 23.2 Å². The van der Waals surface area contributed by atoms with Crippen LogP contribution in [0.1, 0.15) is 103 Å². The largest absolute Gasteiger partial charge is 0.396 e. The van der Waals surface area contributed by atoms with Crippen molar-refractivity contribution in [3.8, 4) is 11.8 Å². The molecule has 0 aromatic carbocycles. The van der Waals surface area contributed by atoms with Gasteiger partial charge in [0.25, 0.3) is 11.8 Å². The molecule has 2 atom stereocenters. The zero-order valence-corrected chi connectivity index (χ0v) is 28.7. The highest BCUT2D eigenvalue weighted by molar-refractivity contribution is 7.10. The molecule has 1 aromatic rings. The third-order valence-electron chi connectivity index (χ3n) is 9.00. The summed E-state index contributed by atoms with van der Waals surface area (Å²) in [6.45, 7) is 12.5. The molecule has 10 nitrogen and oxygen atoms in total. The molecule has 3 aliphatic heterocycles. The van der Waals surface area contributed by atoms with Gasteiger partial charge in [-0.1, -0.05) is 39.5 Å². The van der Waals surface area contributed by atoms with Crippen LogP contribution in [0.4, 0.5) is 0 Å². The molecule has 2 saturated heterocycles. The Bertz CT molecular complexity index is 1390. The maximum absolute atomic E-state index is 14.3. The van der Waals surface area contributed by atoms with Crippen molar-refractivity contribution < 1.29 is 24.3 Å².